The molecule has 0 spiro atoms. The van der Waals surface area contributed by atoms with Gasteiger partial charge >= 0.3 is 0 Å². The molecule has 4 aromatic heterocycles. The molecule has 0 aliphatic rings. The molecule has 0 fully saturated rings. The highest BCUT2D eigenvalue weighted by molar-refractivity contribution is 6.05. The summed E-state index contributed by atoms with van der Waals surface area (Å²) in [5.41, 5.74) is 4.15. The number of aromatic amines is 1. The molecular weight excluding hydrogens is 288 g/mol. The monoisotopic (exact) mass is 302 g/mol. The topological polar surface area (TPSA) is 63.0 Å². The number of pyridine rings is 2. The third-order valence-electron chi connectivity index (χ3n) is 3.82. The molecule has 112 valence electrons. The maximum Gasteiger partial charge on any atom is 0.170 e. The van der Waals surface area contributed by atoms with Crippen molar-refractivity contribution in [2.24, 2.45) is 0 Å². The fraction of sp³-hybridized carbons (Fsp3) is 0.0556. The average Bonchev–Trinajstić information content (AvgIpc) is 3.23. The summed E-state index contributed by atoms with van der Waals surface area (Å²) in [7, 11) is 0. The van der Waals surface area contributed by atoms with Crippen LogP contribution < -0.4 is 0 Å². The molecule has 1 N–H and O–H groups in total. The Hall–Kier alpha value is -3.21. The molecule has 0 aliphatic carbocycles. The molecule has 0 atom stereocenters. The van der Waals surface area contributed by atoms with Crippen molar-refractivity contribution in [3.05, 3.63) is 78.4 Å². The van der Waals surface area contributed by atoms with E-state index in [9.17, 15) is 4.79 Å². The number of carbonyl (C=O) groups excluding carboxylic acids is 1. The zero-order valence-electron chi connectivity index (χ0n) is 12.3. The van der Waals surface area contributed by atoms with Crippen LogP contribution in [0.4, 0.5) is 0 Å². The van der Waals surface area contributed by atoms with Gasteiger partial charge < -0.3 is 4.40 Å². The SMILES string of the molecule is O=C(Cc1ccccn1)c1cc(-c2ccn[nH]2)n2ccccc12. The number of hydrogen-bond donors (Lipinski definition) is 1. The van der Waals surface area contributed by atoms with Crippen LogP contribution in [0.15, 0.2) is 67.1 Å². The number of H-pyrrole nitrogens is 1. The molecule has 4 heterocycles. The fourth-order valence-electron chi connectivity index (χ4n) is 2.74. The Bertz CT molecular complexity index is 955. The number of Topliss-reactive ketones (excluding diaryl/α,β-unsaturated/α-hetero) is 1. The van der Waals surface area contributed by atoms with Gasteiger partial charge in [-0.25, -0.2) is 0 Å². The largest absolute Gasteiger partial charge is 0.314 e. The second-order valence-electron chi connectivity index (χ2n) is 5.29. The van der Waals surface area contributed by atoms with Gasteiger partial charge in [0.05, 0.1) is 23.3 Å². The predicted octanol–water partition coefficient (Wildman–Crippen LogP) is 3.15. The van der Waals surface area contributed by atoms with Gasteiger partial charge in [-0.15, -0.1) is 0 Å². The molecule has 0 unspecified atom stereocenters. The first kappa shape index (κ1) is 13.5. The Morgan fingerprint density at radius 1 is 1.09 bits per heavy atom. The quantitative estimate of drug-likeness (QED) is 0.589. The number of hydrogen-bond acceptors (Lipinski definition) is 3. The van der Waals surface area contributed by atoms with E-state index in [0.717, 1.165) is 22.6 Å². The van der Waals surface area contributed by atoms with E-state index in [1.165, 1.54) is 0 Å². The van der Waals surface area contributed by atoms with Crippen LogP contribution in [0.5, 0.6) is 0 Å². The van der Waals surface area contributed by atoms with Crippen LogP contribution in [0.25, 0.3) is 16.9 Å². The van der Waals surface area contributed by atoms with Crippen LogP contribution in [0.3, 0.4) is 0 Å². The summed E-state index contributed by atoms with van der Waals surface area (Å²) in [5, 5.41) is 6.95. The lowest BCUT2D eigenvalue weighted by atomic mass is 10.1. The number of nitrogens with zero attached hydrogens (tertiary/aromatic N) is 3. The smallest absolute Gasteiger partial charge is 0.170 e. The summed E-state index contributed by atoms with van der Waals surface area (Å²) in [6.07, 6.45) is 5.64. The zero-order chi connectivity index (χ0) is 15.6. The molecule has 0 amide bonds. The van der Waals surface area contributed by atoms with E-state index in [1.807, 2.05) is 59.1 Å². The Balaban J connectivity index is 1.80. The molecule has 0 bridgehead atoms. The minimum atomic E-state index is 0.0539. The Morgan fingerprint density at radius 2 is 2.00 bits per heavy atom. The van der Waals surface area contributed by atoms with E-state index in [0.29, 0.717) is 5.56 Å². The number of carbonyl (C=O) groups is 1. The second kappa shape index (κ2) is 5.53. The lowest BCUT2D eigenvalue weighted by Crippen LogP contribution is -2.04. The Morgan fingerprint density at radius 3 is 2.78 bits per heavy atom. The summed E-state index contributed by atoms with van der Waals surface area (Å²) in [6, 6.07) is 15.2. The average molecular weight is 302 g/mol. The molecule has 0 saturated carbocycles. The zero-order valence-corrected chi connectivity index (χ0v) is 12.3. The van der Waals surface area contributed by atoms with Gasteiger partial charge in [0.1, 0.15) is 0 Å². The summed E-state index contributed by atoms with van der Waals surface area (Å²) < 4.78 is 2.00. The molecule has 5 nitrogen and oxygen atoms in total. The predicted molar refractivity (Wildman–Crippen MR) is 87.3 cm³/mol. The fourth-order valence-corrected chi connectivity index (χ4v) is 2.74. The van der Waals surface area contributed by atoms with E-state index >= 15 is 0 Å². The second-order valence-corrected chi connectivity index (χ2v) is 5.29. The molecule has 4 rings (SSSR count). The molecule has 0 aromatic carbocycles. The minimum absolute atomic E-state index is 0.0539. The highest BCUT2D eigenvalue weighted by Crippen LogP contribution is 2.25. The third-order valence-corrected chi connectivity index (χ3v) is 3.82. The van der Waals surface area contributed by atoms with Crippen molar-refractivity contribution in [2.75, 3.05) is 0 Å². The van der Waals surface area contributed by atoms with Crippen LogP contribution in [0.2, 0.25) is 0 Å². The summed E-state index contributed by atoms with van der Waals surface area (Å²) in [6.45, 7) is 0. The number of rotatable bonds is 4. The van der Waals surface area contributed by atoms with Crippen molar-refractivity contribution in [1.82, 2.24) is 19.6 Å². The first-order valence-electron chi connectivity index (χ1n) is 7.36. The Kier molecular flexibility index (Phi) is 3.24. The van der Waals surface area contributed by atoms with E-state index < -0.39 is 0 Å². The number of fused-ring (bicyclic) bond motifs is 1. The van der Waals surface area contributed by atoms with Crippen molar-refractivity contribution in [3.8, 4) is 11.4 Å². The number of nitrogens with one attached hydrogen (secondary N) is 1. The van der Waals surface area contributed by atoms with Crippen LogP contribution >= 0.6 is 0 Å². The van der Waals surface area contributed by atoms with E-state index in [-0.39, 0.29) is 12.2 Å². The van der Waals surface area contributed by atoms with E-state index in [1.54, 1.807) is 12.4 Å². The van der Waals surface area contributed by atoms with Crippen molar-refractivity contribution in [3.63, 3.8) is 0 Å². The highest BCUT2D eigenvalue weighted by atomic mass is 16.1. The van der Waals surface area contributed by atoms with Crippen molar-refractivity contribution < 1.29 is 4.79 Å². The molecule has 0 radical (unpaired) electrons. The van der Waals surface area contributed by atoms with Gasteiger partial charge in [-0.2, -0.15) is 5.10 Å². The van der Waals surface area contributed by atoms with Gasteiger partial charge in [0.2, 0.25) is 0 Å². The number of aromatic nitrogens is 4. The van der Waals surface area contributed by atoms with Gasteiger partial charge in [-0.1, -0.05) is 12.1 Å². The molecule has 5 heteroatoms. The molecule has 23 heavy (non-hydrogen) atoms. The lowest BCUT2D eigenvalue weighted by Gasteiger charge is -2.01. The lowest BCUT2D eigenvalue weighted by molar-refractivity contribution is 0.0993. The van der Waals surface area contributed by atoms with Gasteiger partial charge in [0, 0.05) is 29.8 Å². The van der Waals surface area contributed by atoms with Crippen LogP contribution in [0, 0.1) is 0 Å². The van der Waals surface area contributed by atoms with E-state index in [2.05, 4.69) is 15.2 Å². The normalized spacial score (nSPS) is 11.0. The van der Waals surface area contributed by atoms with Crippen LogP contribution in [-0.4, -0.2) is 25.4 Å². The van der Waals surface area contributed by atoms with Crippen molar-refractivity contribution >= 4 is 11.3 Å². The van der Waals surface area contributed by atoms with Crippen LogP contribution in [0.1, 0.15) is 16.1 Å². The molecule has 0 saturated heterocycles. The van der Waals surface area contributed by atoms with Gasteiger partial charge in [0.25, 0.3) is 0 Å². The summed E-state index contributed by atoms with van der Waals surface area (Å²) >= 11 is 0. The standard InChI is InChI=1S/C18H14N4O/c23-18(11-13-5-1-3-8-19-13)14-12-17(15-7-9-20-21-15)22-10-4-2-6-16(14)22/h1-10,12H,11H2,(H,20,21). The molecular formula is C18H14N4O. The van der Waals surface area contributed by atoms with Gasteiger partial charge in [-0.3, -0.25) is 14.9 Å². The summed E-state index contributed by atoms with van der Waals surface area (Å²) in [5.74, 6) is 0.0539. The molecule has 4 aromatic rings. The van der Waals surface area contributed by atoms with Gasteiger partial charge in [0.15, 0.2) is 5.78 Å². The van der Waals surface area contributed by atoms with Crippen LogP contribution in [-0.2, 0) is 6.42 Å². The van der Waals surface area contributed by atoms with Crippen molar-refractivity contribution in [2.45, 2.75) is 6.42 Å². The first-order valence-corrected chi connectivity index (χ1v) is 7.36. The highest BCUT2D eigenvalue weighted by Gasteiger charge is 2.17. The maximum absolute atomic E-state index is 12.7. The maximum atomic E-state index is 12.7. The Labute approximate surface area is 132 Å². The first-order chi connectivity index (χ1) is 11.3. The summed E-state index contributed by atoms with van der Waals surface area (Å²) in [4.78, 5) is 17.0. The van der Waals surface area contributed by atoms with Gasteiger partial charge in [-0.05, 0) is 36.4 Å². The minimum Gasteiger partial charge on any atom is -0.314 e. The third kappa shape index (κ3) is 2.42. The van der Waals surface area contributed by atoms with E-state index in [4.69, 9.17) is 0 Å². The van der Waals surface area contributed by atoms with Crippen molar-refractivity contribution in [1.29, 1.82) is 0 Å². The number of ketones is 1. The molecule has 0 aliphatic heterocycles.